The Labute approximate surface area is 177 Å². The Morgan fingerprint density at radius 1 is 0.933 bits per heavy atom. The molecule has 2 aromatic carbocycles. The Morgan fingerprint density at radius 2 is 1.57 bits per heavy atom. The normalized spacial score (nSPS) is 22.6. The summed E-state index contributed by atoms with van der Waals surface area (Å²) < 4.78 is 0. The summed E-state index contributed by atoms with van der Waals surface area (Å²) in [7, 11) is 0. The van der Waals surface area contributed by atoms with Gasteiger partial charge in [0.25, 0.3) is 0 Å². The van der Waals surface area contributed by atoms with E-state index in [9.17, 15) is 0 Å². The molecule has 0 amide bonds. The van der Waals surface area contributed by atoms with Gasteiger partial charge in [-0.2, -0.15) is 5.26 Å². The highest BCUT2D eigenvalue weighted by Gasteiger charge is 2.39. The Morgan fingerprint density at radius 3 is 2.20 bits per heavy atom. The topological polar surface area (TPSA) is 87.6 Å². The molecule has 1 saturated heterocycles. The molecule has 1 aliphatic carbocycles. The molecule has 3 aromatic rings. The van der Waals surface area contributed by atoms with E-state index < -0.39 is 0 Å². The van der Waals surface area contributed by atoms with E-state index in [0.29, 0.717) is 17.3 Å². The Hall–Kier alpha value is -3.23. The molecule has 150 valence electrons. The van der Waals surface area contributed by atoms with E-state index in [1.165, 1.54) is 5.56 Å². The third kappa shape index (κ3) is 3.34. The van der Waals surface area contributed by atoms with Crippen molar-refractivity contribution in [1.82, 2.24) is 15.3 Å². The molecule has 5 heteroatoms. The van der Waals surface area contributed by atoms with Crippen molar-refractivity contribution in [3.8, 4) is 28.5 Å². The van der Waals surface area contributed by atoms with Gasteiger partial charge in [-0.15, -0.1) is 0 Å². The lowest BCUT2D eigenvalue weighted by Gasteiger charge is -2.17. The van der Waals surface area contributed by atoms with Crippen LogP contribution in [0.3, 0.4) is 0 Å². The highest BCUT2D eigenvalue weighted by Crippen LogP contribution is 2.44. The summed E-state index contributed by atoms with van der Waals surface area (Å²) in [5, 5.41) is 12.7. The molecule has 0 radical (unpaired) electrons. The van der Waals surface area contributed by atoms with Crippen molar-refractivity contribution in [3.05, 3.63) is 65.5 Å². The first-order chi connectivity index (χ1) is 14.6. The van der Waals surface area contributed by atoms with Crippen LogP contribution in [0.4, 0.5) is 5.82 Å². The third-order valence-corrected chi connectivity index (χ3v) is 6.60. The Kier molecular flexibility index (Phi) is 4.72. The van der Waals surface area contributed by atoms with Gasteiger partial charge in [-0.1, -0.05) is 42.0 Å². The maximum Gasteiger partial charge on any atom is 0.135 e. The van der Waals surface area contributed by atoms with Crippen molar-refractivity contribution in [3.63, 3.8) is 0 Å². The summed E-state index contributed by atoms with van der Waals surface area (Å²) in [6.07, 6.45) is 2.24. The molecule has 2 heterocycles. The van der Waals surface area contributed by atoms with Crippen molar-refractivity contribution in [2.75, 3.05) is 18.8 Å². The average molecular weight is 396 g/mol. The third-order valence-electron chi connectivity index (χ3n) is 6.60. The second-order valence-corrected chi connectivity index (χ2v) is 8.59. The van der Waals surface area contributed by atoms with Gasteiger partial charge >= 0.3 is 0 Å². The van der Waals surface area contributed by atoms with E-state index in [4.69, 9.17) is 21.0 Å². The molecule has 1 unspecified atom stereocenters. The molecule has 2 aliphatic rings. The average Bonchev–Trinajstić information content (AvgIpc) is 3.37. The number of benzene rings is 2. The number of rotatable bonds is 3. The highest BCUT2D eigenvalue weighted by atomic mass is 15.0. The SMILES string of the molecule is Cc1ccc(-c2c(N)nc(C3C[C@H]4CNC[C@H]4C3)nc2-c2ccc(C#N)cc2)cc1. The van der Waals surface area contributed by atoms with Gasteiger partial charge in [0.05, 0.1) is 22.9 Å². The van der Waals surface area contributed by atoms with Crippen LogP contribution >= 0.6 is 0 Å². The van der Waals surface area contributed by atoms with Crippen molar-refractivity contribution in [1.29, 1.82) is 5.26 Å². The molecule has 1 aromatic heterocycles. The molecular formula is C25H25N5. The lowest BCUT2D eigenvalue weighted by Crippen LogP contribution is -2.13. The smallest absolute Gasteiger partial charge is 0.135 e. The first-order valence-electron chi connectivity index (χ1n) is 10.6. The van der Waals surface area contributed by atoms with Crippen molar-refractivity contribution < 1.29 is 0 Å². The predicted octanol–water partition coefficient (Wildman–Crippen LogP) is 4.29. The number of hydrogen-bond donors (Lipinski definition) is 2. The van der Waals surface area contributed by atoms with Crippen LogP contribution in [0.1, 0.15) is 35.7 Å². The fourth-order valence-corrected chi connectivity index (χ4v) is 4.97. The lowest BCUT2D eigenvalue weighted by atomic mass is 9.97. The minimum absolute atomic E-state index is 0.355. The molecule has 5 nitrogen and oxygen atoms in total. The molecular weight excluding hydrogens is 370 g/mol. The van der Waals surface area contributed by atoms with Gasteiger partial charge in [0.2, 0.25) is 0 Å². The van der Waals surface area contributed by atoms with Crippen LogP contribution in [-0.4, -0.2) is 23.1 Å². The van der Waals surface area contributed by atoms with Crippen LogP contribution in [0, 0.1) is 30.1 Å². The Bertz CT molecular complexity index is 1100. The van der Waals surface area contributed by atoms with Gasteiger partial charge in [-0.3, -0.25) is 0 Å². The summed E-state index contributed by atoms with van der Waals surface area (Å²) in [5.41, 5.74) is 12.1. The zero-order chi connectivity index (χ0) is 20.7. The number of nitrogens with zero attached hydrogens (tertiary/aromatic N) is 3. The Balaban J connectivity index is 1.62. The van der Waals surface area contributed by atoms with E-state index >= 15 is 0 Å². The van der Waals surface area contributed by atoms with Gasteiger partial charge < -0.3 is 11.1 Å². The van der Waals surface area contributed by atoms with Crippen LogP contribution < -0.4 is 11.1 Å². The number of fused-ring (bicyclic) bond motifs is 1. The number of nitrogens with two attached hydrogens (primary N) is 1. The van der Waals surface area contributed by atoms with Gasteiger partial charge in [-0.05, 0) is 62.4 Å². The molecule has 3 N–H and O–H groups in total. The van der Waals surface area contributed by atoms with Crippen LogP contribution in [-0.2, 0) is 0 Å². The van der Waals surface area contributed by atoms with Crippen molar-refractivity contribution in [2.45, 2.75) is 25.7 Å². The van der Waals surface area contributed by atoms with Crippen molar-refractivity contribution in [2.24, 2.45) is 11.8 Å². The quantitative estimate of drug-likeness (QED) is 0.691. The van der Waals surface area contributed by atoms with E-state index in [1.54, 1.807) is 0 Å². The largest absolute Gasteiger partial charge is 0.383 e. The first-order valence-corrected chi connectivity index (χ1v) is 10.6. The standard InChI is InChI=1S/C25H25N5/c1-15-2-6-17(7-3-15)22-23(18-8-4-16(12-26)5-9-18)29-25(30-24(22)27)19-10-20-13-28-14-21(20)11-19/h2-9,19-21,28H,10-11,13-14H2,1H3,(H2,27,29,30)/t19?,20-,21+. The molecule has 0 spiro atoms. The number of anilines is 1. The molecule has 2 fully saturated rings. The monoisotopic (exact) mass is 395 g/mol. The minimum atomic E-state index is 0.355. The van der Waals surface area contributed by atoms with Crippen molar-refractivity contribution >= 4 is 5.82 Å². The number of nitrogens with one attached hydrogen (secondary N) is 1. The molecule has 5 rings (SSSR count). The fraction of sp³-hybridized carbons (Fsp3) is 0.320. The van der Waals surface area contributed by atoms with Gasteiger partial charge in [-0.25, -0.2) is 9.97 Å². The van der Waals surface area contributed by atoms with Crippen LogP contribution in [0.2, 0.25) is 0 Å². The number of aryl methyl sites for hydroxylation is 1. The summed E-state index contributed by atoms with van der Waals surface area (Å²) in [6, 6.07) is 18.1. The second-order valence-electron chi connectivity index (χ2n) is 8.59. The summed E-state index contributed by atoms with van der Waals surface area (Å²) in [5.74, 6) is 3.18. The molecule has 3 atom stereocenters. The maximum absolute atomic E-state index is 9.17. The van der Waals surface area contributed by atoms with Crippen LogP contribution in [0.5, 0.6) is 0 Å². The molecule has 0 bridgehead atoms. The van der Waals surface area contributed by atoms with Gasteiger partial charge in [0.1, 0.15) is 11.6 Å². The van der Waals surface area contributed by atoms with Crippen LogP contribution in [0.15, 0.2) is 48.5 Å². The summed E-state index contributed by atoms with van der Waals surface area (Å²) >= 11 is 0. The van der Waals surface area contributed by atoms with E-state index in [1.807, 2.05) is 24.3 Å². The first kappa shape index (κ1) is 18.8. The fourth-order valence-electron chi connectivity index (χ4n) is 4.97. The van der Waals surface area contributed by atoms with Gasteiger partial charge in [0, 0.05) is 11.5 Å². The number of nitrogen functional groups attached to an aromatic ring is 1. The van der Waals surface area contributed by atoms with Gasteiger partial charge in [0.15, 0.2) is 0 Å². The number of nitriles is 1. The second kappa shape index (κ2) is 7.55. The zero-order valence-electron chi connectivity index (χ0n) is 17.1. The molecule has 1 saturated carbocycles. The number of aromatic nitrogens is 2. The van der Waals surface area contributed by atoms with E-state index in [0.717, 1.165) is 66.0 Å². The lowest BCUT2D eigenvalue weighted by molar-refractivity contribution is 0.494. The summed E-state index contributed by atoms with van der Waals surface area (Å²) in [6.45, 7) is 4.27. The van der Waals surface area contributed by atoms with E-state index in [-0.39, 0.29) is 0 Å². The predicted molar refractivity (Wildman–Crippen MR) is 119 cm³/mol. The highest BCUT2D eigenvalue weighted by molar-refractivity contribution is 5.87. The minimum Gasteiger partial charge on any atom is -0.383 e. The zero-order valence-corrected chi connectivity index (χ0v) is 17.1. The summed E-state index contributed by atoms with van der Waals surface area (Å²) in [4.78, 5) is 9.87. The van der Waals surface area contributed by atoms with Crippen LogP contribution in [0.25, 0.3) is 22.4 Å². The number of hydrogen-bond acceptors (Lipinski definition) is 5. The maximum atomic E-state index is 9.17. The van der Waals surface area contributed by atoms with E-state index in [2.05, 4.69) is 42.6 Å². The molecule has 30 heavy (non-hydrogen) atoms. The molecule has 1 aliphatic heterocycles.